The molecule has 0 unspecified atom stereocenters. The van der Waals surface area contributed by atoms with Gasteiger partial charge in [-0.25, -0.2) is 0 Å². The van der Waals surface area contributed by atoms with Gasteiger partial charge >= 0.3 is 0 Å². The summed E-state index contributed by atoms with van der Waals surface area (Å²) in [5, 5.41) is 13.7. The summed E-state index contributed by atoms with van der Waals surface area (Å²) in [7, 11) is 1.62. The first-order valence-corrected chi connectivity index (χ1v) is 9.18. The van der Waals surface area contributed by atoms with Crippen LogP contribution in [0.4, 0.5) is 0 Å². The van der Waals surface area contributed by atoms with Crippen molar-refractivity contribution in [2.75, 3.05) is 7.11 Å². The molecule has 5 nitrogen and oxygen atoms in total. The molecule has 2 aromatic carbocycles. The Morgan fingerprint density at radius 1 is 1.26 bits per heavy atom. The normalized spacial score (nSPS) is 13.4. The predicted octanol–water partition coefficient (Wildman–Crippen LogP) is 4.10. The van der Waals surface area contributed by atoms with Gasteiger partial charge in [0.2, 0.25) is 0 Å². The zero-order valence-electron chi connectivity index (χ0n) is 15.5. The van der Waals surface area contributed by atoms with Crippen LogP contribution in [-0.4, -0.2) is 23.6 Å². The number of nitrogens with one attached hydrogen (secondary N) is 1. The lowest BCUT2D eigenvalue weighted by atomic mass is 10.0. The van der Waals surface area contributed by atoms with Gasteiger partial charge in [0.25, 0.3) is 5.91 Å². The predicted molar refractivity (Wildman–Crippen MR) is 105 cm³/mol. The highest BCUT2D eigenvalue weighted by Crippen LogP contribution is 2.35. The number of hydrogen-bond acceptors (Lipinski definition) is 3. The van der Waals surface area contributed by atoms with Gasteiger partial charge in [0, 0.05) is 23.5 Å². The summed E-state index contributed by atoms with van der Waals surface area (Å²) < 4.78 is 7.46. The number of aryl methyl sites for hydroxylation is 1. The molecule has 136 valence electrons. The smallest absolute Gasteiger partial charge is 0.251 e. The number of methoxy groups -OCH3 is 1. The Balaban J connectivity index is 1.80. The number of nitriles is 1. The number of hydrogen-bond donors (Lipinski definition) is 1. The van der Waals surface area contributed by atoms with Crippen LogP contribution in [0.2, 0.25) is 0 Å². The van der Waals surface area contributed by atoms with Crippen molar-refractivity contribution in [3.8, 4) is 23.1 Å². The molecule has 0 aliphatic heterocycles. The Morgan fingerprint density at radius 3 is 2.59 bits per heavy atom. The molecule has 4 rings (SSSR count). The summed E-state index contributed by atoms with van der Waals surface area (Å²) in [5.41, 5.74) is 4.07. The second-order valence-electron chi connectivity index (χ2n) is 6.79. The van der Waals surface area contributed by atoms with Gasteiger partial charge in [-0.2, -0.15) is 5.26 Å². The lowest BCUT2D eigenvalue weighted by Crippen LogP contribution is -2.25. The number of aromatic nitrogens is 1. The van der Waals surface area contributed by atoms with Crippen LogP contribution in [0.3, 0.4) is 0 Å². The molecule has 1 N–H and O–H groups in total. The number of ether oxygens (including phenoxy) is 1. The second-order valence-corrected chi connectivity index (χ2v) is 6.79. The molecular weight excluding hydrogens is 338 g/mol. The number of fused-ring (bicyclic) bond motifs is 1. The number of benzene rings is 2. The first kappa shape index (κ1) is 17.2. The maximum atomic E-state index is 12.2. The Hall–Kier alpha value is -3.26. The third-order valence-corrected chi connectivity index (χ3v) is 5.03. The lowest BCUT2D eigenvalue weighted by molar-refractivity contribution is 0.0951. The van der Waals surface area contributed by atoms with Crippen molar-refractivity contribution < 1.29 is 9.53 Å². The topological polar surface area (TPSA) is 67.0 Å². The first-order valence-electron chi connectivity index (χ1n) is 9.18. The van der Waals surface area contributed by atoms with Gasteiger partial charge in [-0.3, -0.25) is 4.79 Å². The van der Waals surface area contributed by atoms with Crippen molar-refractivity contribution in [2.24, 2.45) is 0 Å². The molecule has 0 spiro atoms. The number of nitrogens with zero attached hydrogens (tertiary/aromatic N) is 2. The molecule has 0 saturated heterocycles. The van der Waals surface area contributed by atoms with Gasteiger partial charge in [-0.15, -0.1) is 0 Å². The van der Waals surface area contributed by atoms with Crippen LogP contribution in [0.1, 0.15) is 35.7 Å². The third kappa shape index (κ3) is 3.04. The van der Waals surface area contributed by atoms with E-state index in [-0.39, 0.29) is 5.91 Å². The highest BCUT2D eigenvalue weighted by molar-refractivity contribution is 5.97. The zero-order valence-corrected chi connectivity index (χ0v) is 15.5. The average molecular weight is 359 g/mol. The molecule has 1 heterocycles. The fourth-order valence-corrected chi connectivity index (χ4v) is 3.48. The minimum atomic E-state index is -0.0367. The minimum Gasteiger partial charge on any atom is -0.497 e. The van der Waals surface area contributed by atoms with E-state index in [2.05, 4.69) is 22.9 Å². The van der Waals surface area contributed by atoms with E-state index in [1.54, 1.807) is 7.11 Å². The van der Waals surface area contributed by atoms with Crippen LogP contribution in [0.5, 0.6) is 5.75 Å². The van der Waals surface area contributed by atoms with Crippen molar-refractivity contribution in [1.29, 1.82) is 5.26 Å². The van der Waals surface area contributed by atoms with Crippen LogP contribution < -0.4 is 10.1 Å². The van der Waals surface area contributed by atoms with Gasteiger partial charge in [-0.1, -0.05) is 12.1 Å². The van der Waals surface area contributed by atoms with E-state index < -0.39 is 0 Å². The van der Waals surface area contributed by atoms with E-state index in [9.17, 15) is 10.1 Å². The fraction of sp³-hybridized carbons (Fsp3) is 0.273. The summed E-state index contributed by atoms with van der Waals surface area (Å²) in [6.45, 7) is 2.80. The van der Waals surface area contributed by atoms with E-state index in [1.165, 1.54) is 0 Å². The molecule has 0 bridgehead atoms. The van der Waals surface area contributed by atoms with Crippen LogP contribution in [0.25, 0.3) is 22.2 Å². The maximum Gasteiger partial charge on any atom is 0.251 e. The van der Waals surface area contributed by atoms with Crippen LogP contribution >= 0.6 is 0 Å². The molecule has 1 saturated carbocycles. The Morgan fingerprint density at radius 2 is 2.00 bits per heavy atom. The van der Waals surface area contributed by atoms with Gasteiger partial charge in [0.1, 0.15) is 11.8 Å². The first-order chi connectivity index (χ1) is 13.2. The Kier molecular flexibility index (Phi) is 4.33. The molecule has 3 aromatic rings. The number of amides is 1. The van der Waals surface area contributed by atoms with E-state index in [1.807, 2.05) is 42.5 Å². The Labute approximate surface area is 158 Å². The summed E-state index contributed by atoms with van der Waals surface area (Å²) in [6, 6.07) is 16.0. The largest absolute Gasteiger partial charge is 0.497 e. The molecule has 1 aliphatic carbocycles. The molecule has 1 aromatic heterocycles. The molecule has 1 aliphatic rings. The molecule has 0 atom stereocenters. The molecule has 1 fully saturated rings. The van der Waals surface area contributed by atoms with Gasteiger partial charge in [0.15, 0.2) is 0 Å². The highest BCUT2D eigenvalue weighted by atomic mass is 16.5. The average Bonchev–Trinajstić information content (AvgIpc) is 3.46. The number of rotatable bonds is 5. The quantitative estimate of drug-likeness (QED) is 0.746. The van der Waals surface area contributed by atoms with E-state index in [4.69, 9.17) is 4.74 Å². The van der Waals surface area contributed by atoms with Gasteiger partial charge in [-0.05, 0) is 55.7 Å². The minimum absolute atomic E-state index is 0.0367. The summed E-state index contributed by atoms with van der Waals surface area (Å²) in [4.78, 5) is 12.2. The third-order valence-electron chi connectivity index (χ3n) is 5.03. The molecular formula is C22H21N3O2. The van der Waals surface area contributed by atoms with Gasteiger partial charge < -0.3 is 14.6 Å². The van der Waals surface area contributed by atoms with Crippen molar-refractivity contribution in [3.63, 3.8) is 0 Å². The highest BCUT2D eigenvalue weighted by Gasteiger charge is 2.24. The summed E-state index contributed by atoms with van der Waals surface area (Å²) in [5.74, 6) is 0.691. The van der Waals surface area contributed by atoms with Crippen LogP contribution in [-0.2, 0) is 6.54 Å². The van der Waals surface area contributed by atoms with Crippen molar-refractivity contribution in [3.05, 3.63) is 53.6 Å². The summed E-state index contributed by atoms with van der Waals surface area (Å²) >= 11 is 0. The van der Waals surface area contributed by atoms with Crippen molar-refractivity contribution in [2.45, 2.75) is 32.4 Å². The SMILES string of the molecule is CCn1c(-c2ccc(C(=O)NC3CC3)cc2)c(C#N)c2cc(OC)ccc21. The number of carbonyl (C=O) groups is 1. The summed E-state index contributed by atoms with van der Waals surface area (Å²) in [6.07, 6.45) is 2.13. The second kappa shape index (κ2) is 6.81. The molecule has 0 radical (unpaired) electrons. The number of carbonyl (C=O) groups excluding carboxylic acids is 1. The maximum absolute atomic E-state index is 12.2. The molecule has 5 heteroatoms. The van der Waals surface area contributed by atoms with Crippen LogP contribution in [0, 0.1) is 11.3 Å². The molecule has 27 heavy (non-hydrogen) atoms. The van der Waals surface area contributed by atoms with E-state index >= 15 is 0 Å². The van der Waals surface area contributed by atoms with E-state index in [0.29, 0.717) is 17.2 Å². The Bertz CT molecular complexity index is 1050. The zero-order chi connectivity index (χ0) is 19.0. The lowest BCUT2D eigenvalue weighted by Gasteiger charge is -2.10. The van der Waals surface area contributed by atoms with Crippen molar-refractivity contribution in [1.82, 2.24) is 9.88 Å². The fourth-order valence-electron chi connectivity index (χ4n) is 3.48. The monoisotopic (exact) mass is 359 g/mol. The van der Waals surface area contributed by atoms with Crippen molar-refractivity contribution >= 4 is 16.8 Å². The molecule has 1 amide bonds. The standard InChI is InChI=1S/C22H21N3O2/c1-3-25-20-11-10-17(27-2)12-18(20)19(13-23)21(25)14-4-6-15(7-5-14)22(26)24-16-8-9-16/h4-7,10-12,16H,3,8-9H2,1-2H3,(H,24,26). The van der Waals surface area contributed by atoms with Gasteiger partial charge in [0.05, 0.1) is 23.9 Å². The van der Waals surface area contributed by atoms with E-state index in [0.717, 1.165) is 47.3 Å². The van der Waals surface area contributed by atoms with Crippen LogP contribution in [0.15, 0.2) is 42.5 Å².